The van der Waals surface area contributed by atoms with Crippen LogP contribution in [0.3, 0.4) is 0 Å². The Morgan fingerprint density at radius 3 is 2.25 bits per heavy atom. The van der Waals surface area contributed by atoms with Gasteiger partial charge in [0.2, 0.25) is 5.91 Å². The second kappa shape index (κ2) is 8.60. The van der Waals surface area contributed by atoms with Crippen LogP contribution in [0.4, 0.5) is 13.2 Å². The number of hydrogen-bond acceptors (Lipinski definition) is 3. The summed E-state index contributed by atoms with van der Waals surface area (Å²) in [7, 11) is 0. The summed E-state index contributed by atoms with van der Waals surface area (Å²) in [6.07, 6.45) is -0.873. The average molecular weight is 468 g/mol. The summed E-state index contributed by atoms with van der Waals surface area (Å²) in [5, 5.41) is 11.7. The standard InChI is InChI=1S/C24H25ClF3NO3/c25-19-7-3-17(4-8-19)23(12-1-13-23)21(30)29-14-2-11-22(31,15-29)16-32-20-9-5-18(6-10-20)24(26,27)28/h3-10,31H,1-2,11-16H2. The molecule has 172 valence electrons. The molecule has 32 heavy (non-hydrogen) atoms. The third kappa shape index (κ3) is 4.59. The average Bonchev–Trinajstić information content (AvgIpc) is 2.72. The lowest BCUT2D eigenvalue weighted by Crippen LogP contribution is -2.59. The molecule has 0 bridgehead atoms. The van der Waals surface area contributed by atoms with Gasteiger partial charge in [0.25, 0.3) is 0 Å². The lowest BCUT2D eigenvalue weighted by atomic mass is 9.63. The van der Waals surface area contributed by atoms with E-state index in [1.165, 1.54) is 12.1 Å². The van der Waals surface area contributed by atoms with E-state index in [-0.39, 0.29) is 24.8 Å². The third-order valence-electron chi connectivity index (χ3n) is 6.55. The largest absolute Gasteiger partial charge is 0.491 e. The van der Waals surface area contributed by atoms with Gasteiger partial charge in [0.05, 0.1) is 17.5 Å². The molecule has 4 nitrogen and oxygen atoms in total. The Balaban J connectivity index is 1.43. The minimum Gasteiger partial charge on any atom is -0.491 e. The number of halogens is 4. The number of piperidine rings is 1. The minimum atomic E-state index is -4.41. The summed E-state index contributed by atoms with van der Waals surface area (Å²) in [5.41, 5.74) is -1.67. The molecule has 1 aliphatic carbocycles. The molecule has 1 heterocycles. The molecular formula is C24H25ClF3NO3. The second-order valence-corrected chi connectivity index (χ2v) is 9.24. The zero-order chi connectivity index (χ0) is 23.0. The summed E-state index contributed by atoms with van der Waals surface area (Å²) in [6.45, 7) is 0.578. The maximum Gasteiger partial charge on any atom is 0.416 e. The zero-order valence-corrected chi connectivity index (χ0v) is 18.3. The first-order valence-corrected chi connectivity index (χ1v) is 11.1. The van der Waals surface area contributed by atoms with Crippen molar-refractivity contribution in [2.75, 3.05) is 19.7 Å². The number of alkyl halides is 3. The van der Waals surface area contributed by atoms with Crippen LogP contribution in [-0.2, 0) is 16.4 Å². The van der Waals surface area contributed by atoms with Gasteiger partial charge in [-0.2, -0.15) is 13.2 Å². The Morgan fingerprint density at radius 2 is 1.69 bits per heavy atom. The van der Waals surface area contributed by atoms with Crippen LogP contribution in [0.5, 0.6) is 5.75 Å². The number of carbonyl (C=O) groups is 1. The number of ether oxygens (including phenoxy) is 1. The summed E-state index contributed by atoms with van der Waals surface area (Å²) in [5.74, 6) is 0.241. The van der Waals surface area contributed by atoms with Crippen molar-refractivity contribution in [3.05, 3.63) is 64.7 Å². The molecule has 1 atom stereocenters. The summed E-state index contributed by atoms with van der Waals surface area (Å²) < 4.78 is 43.8. The molecule has 2 aromatic rings. The molecule has 1 saturated heterocycles. The number of β-amino-alcohol motifs (C(OH)–C–C–N with tert-alkyl or cyclic N) is 1. The molecule has 0 radical (unpaired) electrons. The Kier molecular flexibility index (Phi) is 6.16. The first-order valence-electron chi connectivity index (χ1n) is 10.7. The molecule has 0 aromatic heterocycles. The van der Waals surface area contributed by atoms with Crippen LogP contribution in [0.15, 0.2) is 48.5 Å². The molecule has 0 spiro atoms. The monoisotopic (exact) mass is 467 g/mol. The SMILES string of the molecule is O=C(N1CCCC(O)(COc2ccc(C(F)(F)F)cc2)C1)C1(c2ccc(Cl)cc2)CCC1. The van der Waals surface area contributed by atoms with Gasteiger partial charge in [0, 0.05) is 11.6 Å². The summed E-state index contributed by atoms with van der Waals surface area (Å²) >= 11 is 6.01. The predicted molar refractivity (Wildman–Crippen MR) is 115 cm³/mol. The predicted octanol–water partition coefficient (Wildman–Crippen LogP) is 5.21. The van der Waals surface area contributed by atoms with Gasteiger partial charge >= 0.3 is 6.18 Å². The first kappa shape index (κ1) is 22.9. The van der Waals surface area contributed by atoms with Crippen LogP contribution in [0.2, 0.25) is 5.02 Å². The molecule has 2 aliphatic rings. The van der Waals surface area contributed by atoms with Gasteiger partial charge in [-0.3, -0.25) is 4.79 Å². The van der Waals surface area contributed by atoms with Gasteiger partial charge in [0.15, 0.2) is 0 Å². The van der Waals surface area contributed by atoms with E-state index in [2.05, 4.69) is 0 Å². The topological polar surface area (TPSA) is 49.8 Å². The van der Waals surface area contributed by atoms with Crippen LogP contribution < -0.4 is 4.74 Å². The number of rotatable bonds is 5. The van der Waals surface area contributed by atoms with Gasteiger partial charge < -0.3 is 14.7 Å². The van der Waals surface area contributed by atoms with E-state index in [0.29, 0.717) is 24.4 Å². The zero-order valence-electron chi connectivity index (χ0n) is 17.5. The lowest BCUT2D eigenvalue weighted by molar-refractivity contribution is -0.149. The molecule has 2 aromatic carbocycles. The van der Waals surface area contributed by atoms with Crippen LogP contribution in [0, 0.1) is 0 Å². The van der Waals surface area contributed by atoms with Crippen molar-refractivity contribution >= 4 is 17.5 Å². The van der Waals surface area contributed by atoms with E-state index in [1.54, 1.807) is 17.0 Å². The van der Waals surface area contributed by atoms with Crippen molar-refractivity contribution in [3.8, 4) is 5.75 Å². The van der Waals surface area contributed by atoms with Gasteiger partial charge in [-0.15, -0.1) is 0 Å². The molecule has 4 rings (SSSR count). The highest BCUT2D eigenvalue weighted by molar-refractivity contribution is 6.30. The van der Waals surface area contributed by atoms with Crippen LogP contribution >= 0.6 is 11.6 Å². The van der Waals surface area contributed by atoms with E-state index in [0.717, 1.165) is 37.0 Å². The highest BCUT2D eigenvalue weighted by atomic mass is 35.5. The summed E-state index contributed by atoms with van der Waals surface area (Å²) in [4.78, 5) is 15.2. The van der Waals surface area contributed by atoms with Crippen molar-refractivity contribution in [1.82, 2.24) is 4.90 Å². The maximum atomic E-state index is 13.5. The van der Waals surface area contributed by atoms with Crippen LogP contribution in [0.25, 0.3) is 0 Å². The number of amides is 1. The minimum absolute atomic E-state index is 0.00118. The van der Waals surface area contributed by atoms with Crippen molar-refractivity contribution in [3.63, 3.8) is 0 Å². The second-order valence-electron chi connectivity index (χ2n) is 8.81. The number of likely N-dealkylation sites (tertiary alicyclic amines) is 1. The molecule has 1 unspecified atom stereocenters. The molecule has 8 heteroatoms. The third-order valence-corrected chi connectivity index (χ3v) is 6.80. The van der Waals surface area contributed by atoms with Gasteiger partial charge in [-0.1, -0.05) is 30.2 Å². The Hall–Kier alpha value is -2.25. The normalized spacial score (nSPS) is 22.8. The van der Waals surface area contributed by atoms with E-state index in [1.807, 2.05) is 12.1 Å². The lowest BCUT2D eigenvalue weighted by Gasteiger charge is -2.47. The molecule has 1 N–H and O–H groups in total. The Bertz CT molecular complexity index is 958. The van der Waals surface area contributed by atoms with Crippen molar-refractivity contribution in [1.29, 1.82) is 0 Å². The highest BCUT2D eigenvalue weighted by Crippen LogP contribution is 2.46. The number of carbonyl (C=O) groups excluding carboxylic acids is 1. The quantitative estimate of drug-likeness (QED) is 0.656. The number of benzene rings is 2. The molecular weight excluding hydrogens is 443 g/mol. The van der Waals surface area contributed by atoms with Crippen LogP contribution in [0.1, 0.15) is 43.2 Å². The molecule has 2 fully saturated rings. The fourth-order valence-corrected chi connectivity index (χ4v) is 4.72. The highest BCUT2D eigenvalue weighted by Gasteiger charge is 2.49. The number of aliphatic hydroxyl groups is 1. The van der Waals surface area contributed by atoms with Gasteiger partial charge in [0.1, 0.15) is 18.0 Å². The van der Waals surface area contributed by atoms with E-state index >= 15 is 0 Å². The Morgan fingerprint density at radius 1 is 1.03 bits per heavy atom. The van der Waals surface area contributed by atoms with Crippen molar-refractivity contribution < 1.29 is 27.8 Å². The number of nitrogens with zero attached hydrogens (tertiary/aromatic N) is 1. The van der Waals surface area contributed by atoms with Crippen molar-refractivity contribution in [2.24, 2.45) is 0 Å². The van der Waals surface area contributed by atoms with E-state index in [4.69, 9.17) is 16.3 Å². The smallest absolute Gasteiger partial charge is 0.416 e. The van der Waals surface area contributed by atoms with Crippen LogP contribution in [-0.4, -0.2) is 41.2 Å². The fraction of sp³-hybridized carbons (Fsp3) is 0.458. The number of hydrogen-bond donors (Lipinski definition) is 1. The maximum absolute atomic E-state index is 13.5. The first-order chi connectivity index (χ1) is 15.1. The molecule has 1 aliphatic heterocycles. The fourth-order valence-electron chi connectivity index (χ4n) is 4.59. The summed E-state index contributed by atoms with van der Waals surface area (Å²) in [6, 6.07) is 11.7. The van der Waals surface area contributed by atoms with Gasteiger partial charge in [-0.05, 0) is 67.6 Å². The van der Waals surface area contributed by atoms with Gasteiger partial charge in [-0.25, -0.2) is 0 Å². The molecule has 1 saturated carbocycles. The van der Waals surface area contributed by atoms with E-state index < -0.39 is 22.8 Å². The molecule has 1 amide bonds. The van der Waals surface area contributed by atoms with Crippen molar-refractivity contribution in [2.45, 2.75) is 49.3 Å². The Labute approximate surface area is 189 Å². The van der Waals surface area contributed by atoms with E-state index in [9.17, 15) is 23.1 Å².